The van der Waals surface area contributed by atoms with Crippen molar-refractivity contribution in [2.24, 2.45) is 0 Å². The van der Waals surface area contributed by atoms with Gasteiger partial charge in [-0.2, -0.15) is 0 Å². The number of benzene rings is 1. The van der Waals surface area contributed by atoms with Gasteiger partial charge in [0.25, 0.3) is 0 Å². The van der Waals surface area contributed by atoms with Crippen molar-refractivity contribution in [2.75, 3.05) is 0 Å². The molecule has 94 valence electrons. The lowest BCUT2D eigenvalue weighted by molar-refractivity contribution is 0.507. The van der Waals surface area contributed by atoms with E-state index >= 15 is 0 Å². The summed E-state index contributed by atoms with van der Waals surface area (Å²) in [5.41, 5.74) is -1.62. The number of nitrogens with one attached hydrogen (secondary N) is 1. The van der Waals surface area contributed by atoms with Crippen LogP contribution < -0.4 is 17.1 Å². The first-order valence-corrected chi connectivity index (χ1v) is 5.55. The van der Waals surface area contributed by atoms with Crippen molar-refractivity contribution in [1.82, 2.24) is 14.1 Å². The zero-order chi connectivity index (χ0) is 13.3. The Kier molecular flexibility index (Phi) is 3.01. The van der Waals surface area contributed by atoms with E-state index in [1.54, 1.807) is 44.2 Å². The summed E-state index contributed by atoms with van der Waals surface area (Å²) in [5.74, 6) is 0. The average molecular weight is 247 g/mol. The van der Waals surface area contributed by atoms with Gasteiger partial charge < -0.3 is 0 Å². The zero-order valence-electron chi connectivity index (χ0n) is 10.1. The first-order chi connectivity index (χ1) is 8.52. The highest BCUT2D eigenvalue weighted by Crippen LogP contribution is 2.00. The largest absolute Gasteiger partial charge is 0.341 e. The number of hydrogen-bond acceptors (Lipinski definition) is 3. The highest BCUT2D eigenvalue weighted by molar-refractivity contribution is 5.30. The molecule has 6 nitrogen and oxygen atoms in total. The molecule has 0 aliphatic heterocycles. The lowest BCUT2D eigenvalue weighted by Gasteiger charge is -2.11. The van der Waals surface area contributed by atoms with Crippen molar-refractivity contribution in [3.05, 3.63) is 61.8 Å². The molecule has 1 heterocycles. The summed E-state index contributed by atoms with van der Waals surface area (Å²) in [7, 11) is 0. The molecule has 18 heavy (non-hydrogen) atoms. The van der Waals surface area contributed by atoms with Gasteiger partial charge in [0.2, 0.25) is 0 Å². The molecule has 0 unspecified atom stereocenters. The second-order valence-corrected chi connectivity index (χ2v) is 4.15. The molecule has 0 saturated heterocycles. The van der Waals surface area contributed by atoms with E-state index in [-0.39, 0.29) is 6.04 Å². The first kappa shape index (κ1) is 12.1. The maximum absolute atomic E-state index is 12.2. The van der Waals surface area contributed by atoms with Crippen molar-refractivity contribution in [3.8, 4) is 5.69 Å². The number of H-pyrrole nitrogens is 1. The normalized spacial score (nSPS) is 10.8. The molecule has 0 spiro atoms. The summed E-state index contributed by atoms with van der Waals surface area (Å²) in [5, 5.41) is 0. The SMILES string of the molecule is CC(C)n1c(=O)[nH]c(=O)n(-c2ccccc2)c1=O. The monoisotopic (exact) mass is 247 g/mol. The van der Waals surface area contributed by atoms with E-state index in [0.717, 1.165) is 9.13 Å². The van der Waals surface area contributed by atoms with E-state index in [9.17, 15) is 14.4 Å². The fourth-order valence-corrected chi connectivity index (χ4v) is 1.75. The van der Waals surface area contributed by atoms with Gasteiger partial charge in [-0.15, -0.1) is 0 Å². The molecular weight excluding hydrogens is 234 g/mol. The van der Waals surface area contributed by atoms with Gasteiger partial charge in [0.1, 0.15) is 0 Å². The van der Waals surface area contributed by atoms with Gasteiger partial charge in [-0.25, -0.2) is 23.5 Å². The van der Waals surface area contributed by atoms with E-state index in [4.69, 9.17) is 0 Å². The van der Waals surface area contributed by atoms with Crippen molar-refractivity contribution < 1.29 is 0 Å². The van der Waals surface area contributed by atoms with Gasteiger partial charge in [-0.3, -0.25) is 4.98 Å². The van der Waals surface area contributed by atoms with E-state index < -0.39 is 17.1 Å². The predicted octanol–water partition coefficient (Wildman–Crippen LogP) is 0.268. The smallest absolute Gasteiger partial charge is 0.258 e. The molecule has 2 rings (SSSR count). The topological polar surface area (TPSA) is 76.9 Å². The summed E-state index contributed by atoms with van der Waals surface area (Å²) in [4.78, 5) is 37.6. The lowest BCUT2D eigenvalue weighted by Crippen LogP contribution is -2.49. The van der Waals surface area contributed by atoms with Gasteiger partial charge in [-0.1, -0.05) is 18.2 Å². The number of aromatic amines is 1. The van der Waals surface area contributed by atoms with E-state index in [0.29, 0.717) is 5.69 Å². The molecule has 2 aromatic rings. The van der Waals surface area contributed by atoms with Crippen LogP contribution in [-0.4, -0.2) is 14.1 Å². The van der Waals surface area contributed by atoms with Crippen molar-refractivity contribution >= 4 is 0 Å². The molecule has 0 aliphatic carbocycles. The fourth-order valence-electron chi connectivity index (χ4n) is 1.75. The van der Waals surface area contributed by atoms with Crippen LogP contribution in [0.4, 0.5) is 0 Å². The van der Waals surface area contributed by atoms with Gasteiger partial charge in [0, 0.05) is 6.04 Å². The number of rotatable bonds is 2. The van der Waals surface area contributed by atoms with Crippen LogP contribution in [0.5, 0.6) is 0 Å². The molecule has 6 heteroatoms. The molecule has 0 atom stereocenters. The Morgan fingerprint density at radius 3 is 2.17 bits per heavy atom. The third-order valence-corrected chi connectivity index (χ3v) is 2.56. The van der Waals surface area contributed by atoms with E-state index in [2.05, 4.69) is 4.98 Å². The Morgan fingerprint density at radius 2 is 1.61 bits per heavy atom. The second kappa shape index (κ2) is 4.48. The summed E-state index contributed by atoms with van der Waals surface area (Å²) in [6, 6.07) is 8.15. The minimum atomic E-state index is -0.729. The summed E-state index contributed by atoms with van der Waals surface area (Å²) >= 11 is 0. The van der Waals surface area contributed by atoms with Crippen LogP contribution in [0.3, 0.4) is 0 Å². The fraction of sp³-hybridized carbons (Fsp3) is 0.250. The highest BCUT2D eigenvalue weighted by atomic mass is 16.2. The van der Waals surface area contributed by atoms with Crippen LogP contribution in [-0.2, 0) is 0 Å². The van der Waals surface area contributed by atoms with Crippen LogP contribution in [0.25, 0.3) is 5.69 Å². The number of nitrogens with zero attached hydrogens (tertiary/aromatic N) is 2. The van der Waals surface area contributed by atoms with Crippen LogP contribution in [0.15, 0.2) is 44.7 Å². The Bertz CT molecular complexity index is 723. The third-order valence-electron chi connectivity index (χ3n) is 2.56. The molecule has 0 saturated carbocycles. The molecule has 0 fully saturated rings. The lowest BCUT2D eigenvalue weighted by atomic mass is 10.3. The van der Waals surface area contributed by atoms with Gasteiger partial charge in [0.15, 0.2) is 0 Å². The second-order valence-electron chi connectivity index (χ2n) is 4.15. The molecular formula is C12H13N3O3. The summed E-state index contributed by atoms with van der Waals surface area (Å²) in [6.45, 7) is 3.41. The zero-order valence-corrected chi connectivity index (χ0v) is 10.1. The molecule has 0 radical (unpaired) electrons. The van der Waals surface area contributed by atoms with Crippen molar-refractivity contribution in [2.45, 2.75) is 19.9 Å². The number of hydrogen-bond donors (Lipinski definition) is 1. The van der Waals surface area contributed by atoms with E-state index in [1.807, 2.05) is 0 Å². The molecule has 0 amide bonds. The van der Waals surface area contributed by atoms with Crippen LogP contribution in [0.1, 0.15) is 19.9 Å². The Morgan fingerprint density at radius 1 is 1.00 bits per heavy atom. The van der Waals surface area contributed by atoms with Gasteiger partial charge in [0.05, 0.1) is 5.69 Å². The summed E-state index contributed by atoms with van der Waals surface area (Å²) in [6.07, 6.45) is 0. The van der Waals surface area contributed by atoms with E-state index in [1.165, 1.54) is 0 Å². The Labute approximate surface area is 102 Å². The maximum Gasteiger partial charge on any atom is 0.341 e. The molecule has 0 bridgehead atoms. The molecule has 1 N–H and O–H groups in total. The van der Waals surface area contributed by atoms with Crippen LogP contribution >= 0.6 is 0 Å². The molecule has 0 aliphatic rings. The van der Waals surface area contributed by atoms with Crippen molar-refractivity contribution in [3.63, 3.8) is 0 Å². The number of para-hydroxylation sites is 1. The average Bonchev–Trinajstić information content (AvgIpc) is 2.28. The van der Waals surface area contributed by atoms with Gasteiger partial charge in [-0.05, 0) is 26.0 Å². The molecule has 1 aromatic carbocycles. The van der Waals surface area contributed by atoms with Crippen LogP contribution in [0.2, 0.25) is 0 Å². The van der Waals surface area contributed by atoms with Crippen LogP contribution in [0, 0.1) is 0 Å². The van der Waals surface area contributed by atoms with Crippen molar-refractivity contribution in [1.29, 1.82) is 0 Å². The number of aromatic nitrogens is 3. The standard InChI is InChI=1S/C12H13N3O3/c1-8(2)14-10(16)13-11(17)15(12(14)18)9-6-4-3-5-7-9/h3-8H,1-2H3,(H,13,16,17). The Balaban J connectivity index is 2.86. The minimum absolute atomic E-state index is 0.322. The highest BCUT2D eigenvalue weighted by Gasteiger charge is 2.12. The van der Waals surface area contributed by atoms with Gasteiger partial charge >= 0.3 is 17.1 Å². The minimum Gasteiger partial charge on any atom is -0.258 e. The molecule has 1 aromatic heterocycles. The Hall–Kier alpha value is -2.37. The third kappa shape index (κ3) is 1.92. The maximum atomic E-state index is 12.2. The summed E-state index contributed by atoms with van der Waals surface area (Å²) < 4.78 is 1.95. The first-order valence-electron chi connectivity index (χ1n) is 5.55. The predicted molar refractivity (Wildman–Crippen MR) is 67.3 cm³/mol. The quantitative estimate of drug-likeness (QED) is 0.827.